The molecule has 0 radical (unpaired) electrons. The molecular weight excluding hydrogens is 529 g/mol. The summed E-state index contributed by atoms with van der Waals surface area (Å²) in [6.45, 7) is 4.38. The number of alkyl halides is 5. The van der Waals surface area contributed by atoms with E-state index in [1.165, 1.54) is 11.3 Å². The number of thiazole rings is 1. The van der Waals surface area contributed by atoms with Crippen LogP contribution in [0.4, 0.5) is 27.9 Å². The van der Waals surface area contributed by atoms with Crippen LogP contribution in [-0.4, -0.2) is 57.9 Å². The topological polar surface area (TPSA) is 80.2 Å². The van der Waals surface area contributed by atoms with Gasteiger partial charge in [0.25, 0.3) is 11.8 Å². The van der Waals surface area contributed by atoms with Crippen molar-refractivity contribution in [2.45, 2.75) is 45.3 Å². The van der Waals surface area contributed by atoms with Gasteiger partial charge in [0.15, 0.2) is 0 Å². The fourth-order valence-corrected chi connectivity index (χ4v) is 5.40. The van der Waals surface area contributed by atoms with Crippen LogP contribution in [0.5, 0.6) is 5.88 Å². The Morgan fingerprint density at radius 2 is 1.89 bits per heavy atom. The molecule has 3 heterocycles. The second-order valence-electron chi connectivity index (χ2n) is 9.31. The number of hydrogen-bond acceptors (Lipinski definition) is 7. The van der Waals surface area contributed by atoms with Crippen LogP contribution in [0.3, 0.4) is 0 Å². The van der Waals surface area contributed by atoms with Gasteiger partial charge in [-0.15, -0.1) is 11.3 Å². The summed E-state index contributed by atoms with van der Waals surface area (Å²) in [6.07, 6.45) is -4.58. The Kier molecular flexibility index (Phi) is 7.60. The van der Waals surface area contributed by atoms with Gasteiger partial charge in [-0.3, -0.25) is 4.79 Å². The van der Waals surface area contributed by atoms with Gasteiger partial charge in [0, 0.05) is 19.2 Å². The summed E-state index contributed by atoms with van der Waals surface area (Å²) < 4.78 is 73.5. The van der Waals surface area contributed by atoms with E-state index in [1.807, 2.05) is 31.2 Å². The van der Waals surface area contributed by atoms with Gasteiger partial charge in [0.1, 0.15) is 11.3 Å². The zero-order valence-corrected chi connectivity index (χ0v) is 21.9. The highest BCUT2D eigenvalue weighted by atomic mass is 32.1. The number of nitrogens with zero attached hydrogens (tertiary/aromatic N) is 4. The highest BCUT2D eigenvalue weighted by Crippen LogP contribution is 2.38. The number of methoxy groups -OCH3 is 1. The van der Waals surface area contributed by atoms with Gasteiger partial charge in [0.05, 0.1) is 29.6 Å². The summed E-state index contributed by atoms with van der Waals surface area (Å²) in [5.41, 5.74) is 0.719. The fraction of sp³-hybridized carbons (Fsp3) is 0.440. The summed E-state index contributed by atoms with van der Waals surface area (Å²) >= 11 is 1.30. The van der Waals surface area contributed by atoms with E-state index in [-0.39, 0.29) is 18.2 Å². The number of benzene rings is 1. The standard InChI is InChI=1S/C25H26F5N5O2S/c1-13-5-7-16(8-6-13)20-19(33-15(3)38-20)22(36)35-12-24(26,27)9-14(2)18(35)11-32-23-31-10-17(25(28,29)30)21(34-23)37-4/h5-8,10,14,18H,9,11-12H2,1-4H3,(H,31,32,34). The average Bonchev–Trinajstić information content (AvgIpc) is 3.23. The van der Waals surface area contributed by atoms with Crippen LogP contribution in [0.15, 0.2) is 30.5 Å². The molecule has 0 spiro atoms. The van der Waals surface area contributed by atoms with Crippen LogP contribution >= 0.6 is 11.3 Å². The number of likely N-dealkylation sites (tertiary alicyclic amines) is 1. The van der Waals surface area contributed by atoms with E-state index in [0.717, 1.165) is 23.1 Å². The van der Waals surface area contributed by atoms with Crippen LogP contribution in [0, 0.1) is 19.8 Å². The molecule has 1 N–H and O–H groups in total. The second kappa shape index (κ2) is 10.4. The molecule has 2 unspecified atom stereocenters. The number of hydrogen-bond donors (Lipinski definition) is 1. The lowest BCUT2D eigenvalue weighted by Crippen LogP contribution is -2.57. The first kappa shape index (κ1) is 27.7. The number of ether oxygens (including phenoxy) is 1. The maximum atomic E-state index is 14.7. The molecule has 1 aliphatic heterocycles. The number of aromatic nitrogens is 3. The summed E-state index contributed by atoms with van der Waals surface area (Å²) in [4.78, 5) is 27.2. The molecule has 38 heavy (non-hydrogen) atoms. The van der Waals surface area contributed by atoms with Gasteiger partial charge in [-0.05, 0) is 25.3 Å². The SMILES string of the molecule is COc1nc(NCC2C(C)CC(F)(F)CN2C(=O)c2nc(C)sc2-c2ccc(C)cc2)ncc1C(F)(F)F. The van der Waals surface area contributed by atoms with E-state index in [0.29, 0.717) is 16.1 Å². The lowest BCUT2D eigenvalue weighted by molar-refractivity contribution is -0.139. The van der Waals surface area contributed by atoms with E-state index in [4.69, 9.17) is 4.74 Å². The molecule has 1 saturated heterocycles. The van der Waals surface area contributed by atoms with Gasteiger partial charge < -0.3 is 15.0 Å². The van der Waals surface area contributed by atoms with Crippen molar-refractivity contribution in [2.75, 3.05) is 25.5 Å². The largest absolute Gasteiger partial charge is 0.480 e. The molecule has 3 aromatic rings. The first-order valence-corrected chi connectivity index (χ1v) is 12.6. The van der Waals surface area contributed by atoms with Crippen molar-refractivity contribution in [1.82, 2.24) is 19.9 Å². The van der Waals surface area contributed by atoms with Gasteiger partial charge in [-0.25, -0.2) is 18.7 Å². The molecule has 7 nitrogen and oxygen atoms in total. The number of aryl methyl sites for hydroxylation is 2. The zero-order valence-electron chi connectivity index (χ0n) is 21.1. The van der Waals surface area contributed by atoms with Crippen molar-refractivity contribution in [3.05, 3.63) is 52.3 Å². The summed E-state index contributed by atoms with van der Waals surface area (Å²) in [7, 11) is 1.05. The minimum Gasteiger partial charge on any atom is -0.480 e. The van der Waals surface area contributed by atoms with Crippen molar-refractivity contribution in [2.24, 2.45) is 5.92 Å². The van der Waals surface area contributed by atoms with Crippen molar-refractivity contribution < 1.29 is 31.5 Å². The minimum absolute atomic E-state index is 0.0690. The van der Waals surface area contributed by atoms with E-state index in [2.05, 4.69) is 20.3 Å². The van der Waals surface area contributed by atoms with Crippen molar-refractivity contribution in [1.29, 1.82) is 0 Å². The van der Waals surface area contributed by atoms with Crippen molar-refractivity contribution >= 4 is 23.2 Å². The van der Waals surface area contributed by atoms with Crippen LogP contribution in [-0.2, 0) is 6.18 Å². The molecule has 1 aromatic carbocycles. The number of piperidine rings is 1. The molecule has 1 fully saturated rings. The monoisotopic (exact) mass is 555 g/mol. The number of rotatable bonds is 6. The Morgan fingerprint density at radius 1 is 1.21 bits per heavy atom. The van der Waals surface area contributed by atoms with Gasteiger partial charge in [-0.2, -0.15) is 18.2 Å². The van der Waals surface area contributed by atoms with E-state index < -0.39 is 54.4 Å². The molecule has 1 amide bonds. The molecular formula is C25H26F5N5O2S. The summed E-state index contributed by atoms with van der Waals surface area (Å²) in [5, 5.41) is 3.41. The molecule has 0 bridgehead atoms. The van der Waals surface area contributed by atoms with Gasteiger partial charge in [-0.1, -0.05) is 36.8 Å². The lowest BCUT2D eigenvalue weighted by Gasteiger charge is -2.43. The molecule has 1 aliphatic rings. The van der Waals surface area contributed by atoms with Gasteiger partial charge >= 0.3 is 6.18 Å². The Hall–Kier alpha value is -3.35. The number of carbonyl (C=O) groups excluding carboxylic acids is 1. The smallest absolute Gasteiger partial charge is 0.423 e. The molecule has 13 heteroatoms. The van der Waals surface area contributed by atoms with E-state index in [9.17, 15) is 26.7 Å². The molecule has 4 rings (SSSR count). The number of carbonyl (C=O) groups is 1. The Morgan fingerprint density at radius 3 is 2.53 bits per heavy atom. The van der Waals surface area contributed by atoms with Crippen LogP contribution < -0.4 is 10.1 Å². The third kappa shape index (κ3) is 5.87. The normalized spacial score (nSPS) is 19.3. The predicted octanol–water partition coefficient (Wildman–Crippen LogP) is 5.84. The van der Waals surface area contributed by atoms with Crippen LogP contribution in [0.2, 0.25) is 0 Å². The average molecular weight is 556 g/mol. The second-order valence-corrected chi connectivity index (χ2v) is 10.5. The molecule has 0 aliphatic carbocycles. The van der Waals surface area contributed by atoms with Gasteiger partial charge in [0.2, 0.25) is 11.8 Å². The lowest BCUT2D eigenvalue weighted by atomic mass is 9.88. The highest BCUT2D eigenvalue weighted by Gasteiger charge is 2.47. The quantitative estimate of drug-likeness (QED) is 0.385. The van der Waals surface area contributed by atoms with Crippen molar-refractivity contribution in [3.8, 4) is 16.3 Å². The van der Waals surface area contributed by atoms with E-state index in [1.54, 1.807) is 13.8 Å². The third-order valence-corrected chi connectivity index (χ3v) is 7.33. The Labute approximate surface area is 220 Å². The number of halogens is 5. The van der Waals surface area contributed by atoms with E-state index >= 15 is 0 Å². The van der Waals surface area contributed by atoms with Crippen LogP contribution in [0.1, 0.15) is 40.0 Å². The summed E-state index contributed by atoms with van der Waals surface area (Å²) in [5.74, 6) is -5.26. The zero-order chi connectivity index (χ0) is 27.8. The number of amides is 1. The highest BCUT2D eigenvalue weighted by molar-refractivity contribution is 7.15. The maximum Gasteiger partial charge on any atom is 0.423 e. The number of anilines is 1. The minimum atomic E-state index is -4.71. The molecule has 2 atom stereocenters. The molecule has 0 saturated carbocycles. The van der Waals surface area contributed by atoms with Crippen molar-refractivity contribution in [3.63, 3.8) is 0 Å². The Balaban J connectivity index is 1.63. The summed E-state index contributed by atoms with van der Waals surface area (Å²) in [6, 6.07) is 6.75. The number of nitrogens with one attached hydrogen (secondary N) is 1. The van der Waals surface area contributed by atoms with Crippen LogP contribution in [0.25, 0.3) is 10.4 Å². The molecule has 204 valence electrons. The third-order valence-electron chi connectivity index (χ3n) is 6.31. The molecule has 2 aromatic heterocycles. The fourth-order valence-electron chi connectivity index (χ4n) is 4.48. The first-order valence-electron chi connectivity index (χ1n) is 11.7. The maximum absolute atomic E-state index is 14.7. The Bertz CT molecular complexity index is 1310. The predicted molar refractivity (Wildman–Crippen MR) is 133 cm³/mol. The first-order chi connectivity index (χ1) is 17.8.